The molecule has 0 spiro atoms. The molecule has 0 radical (unpaired) electrons. The summed E-state index contributed by atoms with van der Waals surface area (Å²) >= 11 is 1.81. The number of thioether (sulfide) groups is 1. The maximum Gasteiger partial charge on any atom is 0.273 e. The molecule has 1 saturated heterocycles. The average molecular weight is 291 g/mol. The minimum Gasteiger partial charge on any atom is -0.446 e. The van der Waals surface area contributed by atoms with Crippen LogP contribution in [0.15, 0.2) is 21.6 Å². The van der Waals surface area contributed by atoms with Gasteiger partial charge >= 0.3 is 0 Å². The lowest BCUT2D eigenvalue weighted by Crippen LogP contribution is -2.31. The number of nitrogens with one attached hydrogen (secondary N) is 1. The molecule has 0 aliphatic carbocycles. The molecular weight excluding hydrogens is 274 g/mol. The Balaban J connectivity index is 1.94. The van der Waals surface area contributed by atoms with Crippen LogP contribution in [0.4, 0.5) is 0 Å². The number of aliphatic hydroxyl groups is 1. The Morgan fingerprint density at radius 3 is 2.89 bits per heavy atom. The van der Waals surface area contributed by atoms with Crippen LogP contribution in [0.1, 0.15) is 25.0 Å². The Morgan fingerprint density at radius 2 is 2.28 bits per heavy atom. The van der Waals surface area contributed by atoms with E-state index in [1.807, 2.05) is 11.8 Å². The minimum absolute atomic E-state index is 0.132. The zero-order valence-electron chi connectivity index (χ0n) is 9.96. The zero-order chi connectivity index (χ0) is 13.0. The molecule has 2 heterocycles. The predicted molar refractivity (Wildman–Crippen MR) is 69.9 cm³/mol. The van der Waals surface area contributed by atoms with E-state index in [0.29, 0.717) is 11.8 Å². The molecule has 1 aromatic rings. The predicted octanol–water partition coefficient (Wildman–Crippen LogP) is 1.34. The van der Waals surface area contributed by atoms with Crippen molar-refractivity contribution in [2.45, 2.75) is 36.2 Å². The van der Waals surface area contributed by atoms with Crippen LogP contribution in [-0.2, 0) is 16.6 Å². The van der Waals surface area contributed by atoms with Gasteiger partial charge in [-0.3, -0.25) is 0 Å². The van der Waals surface area contributed by atoms with E-state index in [0.717, 1.165) is 18.6 Å². The fraction of sp³-hybridized carbons (Fsp3) is 0.636. The highest BCUT2D eigenvalue weighted by Gasteiger charge is 2.21. The summed E-state index contributed by atoms with van der Waals surface area (Å²) in [5.74, 6) is 1.35. The first-order valence-corrected chi connectivity index (χ1v) is 8.46. The Hall–Kier alpha value is -0.500. The van der Waals surface area contributed by atoms with Crippen LogP contribution < -0.4 is 4.72 Å². The van der Waals surface area contributed by atoms with Crippen molar-refractivity contribution in [3.05, 3.63) is 17.9 Å². The van der Waals surface area contributed by atoms with E-state index < -0.39 is 10.0 Å². The van der Waals surface area contributed by atoms with Crippen molar-refractivity contribution < 1.29 is 17.9 Å². The highest BCUT2D eigenvalue weighted by molar-refractivity contribution is 8.00. The standard InChI is InChI=1S/C11H17NO4S2/c13-8-9-4-5-11(16-9)18(14,15)12-7-10-3-1-2-6-17-10/h4-5,10,12-13H,1-3,6-8H2. The SMILES string of the molecule is O=S(=O)(NCC1CCCCS1)c1ccc(CO)o1. The summed E-state index contributed by atoms with van der Waals surface area (Å²) in [5, 5.41) is 9.05. The summed E-state index contributed by atoms with van der Waals surface area (Å²) in [6.07, 6.45) is 3.42. The van der Waals surface area contributed by atoms with Crippen molar-refractivity contribution >= 4 is 21.8 Å². The molecule has 2 rings (SSSR count). The summed E-state index contributed by atoms with van der Waals surface area (Å²) in [7, 11) is -3.59. The summed E-state index contributed by atoms with van der Waals surface area (Å²) in [6.45, 7) is 0.135. The van der Waals surface area contributed by atoms with Crippen LogP contribution in [-0.4, -0.2) is 31.1 Å². The molecule has 2 N–H and O–H groups in total. The van der Waals surface area contributed by atoms with Gasteiger partial charge in [0.2, 0.25) is 5.09 Å². The fourth-order valence-corrected chi connectivity index (χ4v) is 4.20. The second kappa shape index (κ2) is 6.10. The van der Waals surface area contributed by atoms with Gasteiger partial charge in [0, 0.05) is 11.8 Å². The van der Waals surface area contributed by atoms with Gasteiger partial charge in [-0.05, 0) is 30.7 Å². The van der Waals surface area contributed by atoms with E-state index in [1.54, 1.807) is 0 Å². The fourth-order valence-electron chi connectivity index (χ4n) is 1.83. The number of sulfonamides is 1. The topological polar surface area (TPSA) is 79.5 Å². The number of hydrogen-bond donors (Lipinski definition) is 2. The zero-order valence-corrected chi connectivity index (χ0v) is 11.6. The summed E-state index contributed by atoms with van der Waals surface area (Å²) in [6, 6.07) is 2.83. The van der Waals surface area contributed by atoms with Crippen molar-refractivity contribution in [2.24, 2.45) is 0 Å². The number of aliphatic hydroxyl groups excluding tert-OH is 1. The quantitative estimate of drug-likeness (QED) is 0.855. The highest BCUT2D eigenvalue weighted by Crippen LogP contribution is 2.24. The molecule has 1 aliphatic heterocycles. The second-order valence-electron chi connectivity index (χ2n) is 4.22. The molecule has 0 aromatic carbocycles. The van der Waals surface area contributed by atoms with Crippen LogP contribution in [0, 0.1) is 0 Å². The van der Waals surface area contributed by atoms with Gasteiger partial charge in [0.15, 0.2) is 0 Å². The Morgan fingerprint density at radius 1 is 1.44 bits per heavy atom. The van der Waals surface area contributed by atoms with Crippen LogP contribution in [0.3, 0.4) is 0 Å². The Bertz CT molecular complexity index is 477. The van der Waals surface area contributed by atoms with Gasteiger partial charge in [-0.1, -0.05) is 6.42 Å². The lowest BCUT2D eigenvalue weighted by Gasteiger charge is -2.20. The molecule has 0 bridgehead atoms. The summed E-state index contributed by atoms with van der Waals surface area (Å²) in [4.78, 5) is 0. The molecular formula is C11H17NO4S2. The van der Waals surface area contributed by atoms with E-state index >= 15 is 0 Å². The van der Waals surface area contributed by atoms with Gasteiger partial charge < -0.3 is 9.52 Å². The lowest BCUT2D eigenvalue weighted by molar-refractivity contribution is 0.236. The molecule has 1 aromatic heterocycles. The largest absolute Gasteiger partial charge is 0.446 e. The Labute approximate surface area is 111 Å². The van der Waals surface area contributed by atoms with Crippen LogP contribution in [0.25, 0.3) is 0 Å². The molecule has 0 amide bonds. The maximum atomic E-state index is 11.9. The molecule has 1 atom stereocenters. The van der Waals surface area contributed by atoms with Crippen molar-refractivity contribution in [3.8, 4) is 0 Å². The molecule has 102 valence electrons. The minimum atomic E-state index is -3.59. The molecule has 0 saturated carbocycles. The van der Waals surface area contributed by atoms with Crippen molar-refractivity contribution in [1.82, 2.24) is 4.72 Å². The third-order valence-corrected chi connectivity index (χ3v) is 5.53. The number of rotatable bonds is 5. The van der Waals surface area contributed by atoms with E-state index in [2.05, 4.69) is 4.72 Å². The molecule has 18 heavy (non-hydrogen) atoms. The summed E-state index contributed by atoms with van der Waals surface area (Å²) in [5.41, 5.74) is 0. The molecule has 5 nitrogen and oxygen atoms in total. The highest BCUT2D eigenvalue weighted by atomic mass is 32.2. The van der Waals surface area contributed by atoms with E-state index in [-0.39, 0.29) is 17.5 Å². The molecule has 7 heteroatoms. The Kier molecular flexibility index (Phi) is 4.71. The lowest BCUT2D eigenvalue weighted by atomic mass is 10.2. The van der Waals surface area contributed by atoms with Crippen molar-refractivity contribution in [2.75, 3.05) is 12.3 Å². The van der Waals surface area contributed by atoms with Gasteiger partial charge in [-0.15, -0.1) is 0 Å². The molecule has 1 aliphatic rings. The number of furan rings is 1. The summed E-state index contributed by atoms with van der Waals surface area (Å²) < 4.78 is 31.4. The molecule has 1 unspecified atom stereocenters. The first-order chi connectivity index (χ1) is 8.62. The number of hydrogen-bond acceptors (Lipinski definition) is 5. The van der Waals surface area contributed by atoms with Gasteiger partial charge in [-0.2, -0.15) is 11.8 Å². The van der Waals surface area contributed by atoms with Gasteiger partial charge in [0.25, 0.3) is 10.0 Å². The van der Waals surface area contributed by atoms with Gasteiger partial charge in [-0.25, -0.2) is 13.1 Å². The van der Waals surface area contributed by atoms with Crippen molar-refractivity contribution in [3.63, 3.8) is 0 Å². The van der Waals surface area contributed by atoms with Gasteiger partial charge in [0.05, 0.1) is 0 Å². The van der Waals surface area contributed by atoms with E-state index in [4.69, 9.17) is 9.52 Å². The van der Waals surface area contributed by atoms with Gasteiger partial charge in [0.1, 0.15) is 12.4 Å². The monoisotopic (exact) mass is 291 g/mol. The average Bonchev–Trinajstić information content (AvgIpc) is 2.87. The first-order valence-electron chi connectivity index (χ1n) is 5.92. The third kappa shape index (κ3) is 3.50. The normalized spacial score (nSPS) is 21.1. The van der Waals surface area contributed by atoms with E-state index in [9.17, 15) is 8.42 Å². The smallest absolute Gasteiger partial charge is 0.273 e. The van der Waals surface area contributed by atoms with Crippen LogP contribution >= 0.6 is 11.8 Å². The third-order valence-electron chi connectivity index (χ3n) is 2.83. The van der Waals surface area contributed by atoms with Crippen LogP contribution in [0.5, 0.6) is 0 Å². The van der Waals surface area contributed by atoms with Crippen LogP contribution in [0.2, 0.25) is 0 Å². The maximum absolute atomic E-state index is 11.9. The first kappa shape index (κ1) is 13.9. The van der Waals surface area contributed by atoms with E-state index in [1.165, 1.54) is 18.6 Å². The molecule has 1 fully saturated rings. The second-order valence-corrected chi connectivity index (χ2v) is 7.33. The van der Waals surface area contributed by atoms with Crippen molar-refractivity contribution in [1.29, 1.82) is 0 Å².